The molecule has 0 spiro atoms. The van der Waals surface area contributed by atoms with Crippen LogP contribution in [0.1, 0.15) is 18.9 Å². The van der Waals surface area contributed by atoms with Gasteiger partial charge in [0.1, 0.15) is 0 Å². The van der Waals surface area contributed by atoms with E-state index in [1.165, 1.54) is 5.56 Å². The number of guanidine groups is 1. The van der Waals surface area contributed by atoms with Crippen molar-refractivity contribution in [2.45, 2.75) is 26.3 Å². The molecule has 1 heterocycles. The third kappa shape index (κ3) is 6.16. The maximum atomic E-state index is 5.87. The summed E-state index contributed by atoms with van der Waals surface area (Å²) in [5, 5.41) is 7.26. The highest BCUT2D eigenvalue weighted by Gasteiger charge is 1.96. The lowest BCUT2D eigenvalue weighted by atomic mass is 10.1. The molecule has 0 saturated heterocycles. The monoisotopic (exact) mass is 399 g/mol. The molecule has 0 saturated carbocycles. The van der Waals surface area contributed by atoms with Gasteiger partial charge >= 0.3 is 0 Å². The largest absolute Gasteiger partial charge is 0.370 e. The van der Waals surface area contributed by atoms with Crippen LogP contribution in [-0.2, 0) is 13.0 Å². The van der Waals surface area contributed by atoms with Crippen LogP contribution in [0.2, 0.25) is 0 Å². The number of hydrogen-bond donors (Lipinski definition) is 2. The minimum Gasteiger partial charge on any atom is -0.370 e. The average molecular weight is 399 g/mol. The van der Waals surface area contributed by atoms with Gasteiger partial charge in [0.25, 0.3) is 0 Å². The molecule has 1 aromatic heterocycles. The summed E-state index contributed by atoms with van der Waals surface area (Å²) >= 11 is 0. The van der Waals surface area contributed by atoms with E-state index < -0.39 is 0 Å². The Bertz CT molecular complexity index is 551. The van der Waals surface area contributed by atoms with Crippen molar-refractivity contribution in [2.24, 2.45) is 10.7 Å². The number of halogens is 1. The van der Waals surface area contributed by atoms with Crippen molar-refractivity contribution in [1.29, 1.82) is 0 Å². The summed E-state index contributed by atoms with van der Waals surface area (Å²) < 4.78 is 1.89. The van der Waals surface area contributed by atoms with E-state index in [1.54, 1.807) is 6.20 Å². The van der Waals surface area contributed by atoms with Crippen molar-refractivity contribution in [3.63, 3.8) is 0 Å². The standard InChI is InChI=1S/C15H21N5.HI/c1-2-13-6-3-7-14(12-13)19-15(16)17-8-4-10-20-11-5-9-18-20;/h3,5-7,9,11-12H,2,4,8,10H2,1H3,(H3,16,17,19);1H. The minimum absolute atomic E-state index is 0. The molecule has 1 aromatic carbocycles. The molecule has 5 nitrogen and oxygen atoms in total. The fourth-order valence-corrected chi connectivity index (χ4v) is 1.92. The van der Waals surface area contributed by atoms with Crippen molar-refractivity contribution in [3.8, 4) is 0 Å². The number of nitrogens with one attached hydrogen (secondary N) is 1. The Morgan fingerprint density at radius 3 is 2.95 bits per heavy atom. The van der Waals surface area contributed by atoms with Crippen molar-refractivity contribution in [1.82, 2.24) is 9.78 Å². The number of nitrogens with two attached hydrogens (primary N) is 1. The van der Waals surface area contributed by atoms with Crippen molar-refractivity contribution >= 4 is 35.6 Å². The van der Waals surface area contributed by atoms with Crippen LogP contribution < -0.4 is 11.1 Å². The molecule has 0 amide bonds. The fourth-order valence-electron chi connectivity index (χ4n) is 1.92. The number of aryl methyl sites for hydroxylation is 2. The van der Waals surface area contributed by atoms with Crippen molar-refractivity contribution in [2.75, 3.05) is 11.9 Å². The number of nitrogens with zero attached hydrogens (tertiary/aromatic N) is 3. The van der Waals surface area contributed by atoms with E-state index in [4.69, 9.17) is 5.73 Å². The number of aromatic nitrogens is 2. The number of rotatable bonds is 6. The summed E-state index contributed by atoms with van der Waals surface area (Å²) in [6, 6.07) is 10.1. The van der Waals surface area contributed by atoms with Gasteiger partial charge in [0, 0.05) is 31.2 Å². The van der Waals surface area contributed by atoms with Crippen LogP contribution in [0.4, 0.5) is 5.69 Å². The normalized spacial score (nSPS) is 11.0. The molecule has 2 rings (SSSR count). The molecule has 0 aliphatic rings. The first-order valence-electron chi connectivity index (χ1n) is 6.91. The summed E-state index contributed by atoms with van der Waals surface area (Å²) in [7, 11) is 0. The highest BCUT2D eigenvalue weighted by molar-refractivity contribution is 14.0. The van der Waals surface area contributed by atoms with Crippen LogP contribution in [0.15, 0.2) is 47.7 Å². The zero-order valence-electron chi connectivity index (χ0n) is 12.2. The van der Waals surface area contributed by atoms with Gasteiger partial charge in [-0.15, -0.1) is 24.0 Å². The average Bonchev–Trinajstić information content (AvgIpc) is 2.97. The molecule has 2 aromatic rings. The third-order valence-electron chi connectivity index (χ3n) is 2.99. The van der Waals surface area contributed by atoms with E-state index in [-0.39, 0.29) is 24.0 Å². The van der Waals surface area contributed by atoms with E-state index in [9.17, 15) is 0 Å². The maximum absolute atomic E-state index is 5.87. The van der Waals surface area contributed by atoms with Crippen LogP contribution in [0, 0.1) is 0 Å². The lowest BCUT2D eigenvalue weighted by Gasteiger charge is -2.07. The molecular weight excluding hydrogens is 377 g/mol. The SMILES string of the molecule is CCc1cccc(NC(N)=NCCCn2cccn2)c1.I. The first kappa shape index (κ1) is 17.5. The predicted octanol–water partition coefficient (Wildman–Crippen LogP) is 2.88. The van der Waals surface area contributed by atoms with Gasteiger partial charge in [-0.05, 0) is 36.6 Å². The van der Waals surface area contributed by atoms with Crippen molar-refractivity contribution in [3.05, 3.63) is 48.3 Å². The Kier molecular flexibility index (Phi) is 7.81. The molecule has 21 heavy (non-hydrogen) atoms. The molecule has 0 atom stereocenters. The number of hydrogen-bond acceptors (Lipinski definition) is 2. The molecule has 0 bridgehead atoms. The second-order valence-corrected chi connectivity index (χ2v) is 4.57. The van der Waals surface area contributed by atoms with Crippen LogP contribution in [-0.4, -0.2) is 22.3 Å². The van der Waals surface area contributed by atoms with E-state index in [0.29, 0.717) is 12.5 Å². The number of anilines is 1. The molecular formula is C15H22IN5. The van der Waals surface area contributed by atoms with E-state index in [2.05, 4.69) is 34.5 Å². The molecule has 0 radical (unpaired) electrons. The number of aliphatic imine (C=N–C) groups is 1. The molecule has 0 aliphatic carbocycles. The second kappa shape index (κ2) is 9.38. The second-order valence-electron chi connectivity index (χ2n) is 4.57. The van der Waals surface area contributed by atoms with Crippen LogP contribution >= 0.6 is 24.0 Å². The fraction of sp³-hybridized carbons (Fsp3) is 0.333. The summed E-state index contributed by atoms with van der Waals surface area (Å²) in [5.74, 6) is 0.457. The minimum atomic E-state index is 0. The first-order valence-corrected chi connectivity index (χ1v) is 6.91. The van der Waals surface area contributed by atoms with E-state index >= 15 is 0 Å². The van der Waals surface area contributed by atoms with Gasteiger partial charge in [-0.25, -0.2) is 0 Å². The zero-order chi connectivity index (χ0) is 14.2. The Morgan fingerprint density at radius 1 is 1.38 bits per heavy atom. The third-order valence-corrected chi connectivity index (χ3v) is 2.99. The van der Waals surface area contributed by atoms with Crippen LogP contribution in [0.3, 0.4) is 0 Å². The maximum Gasteiger partial charge on any atom is 0.193 e. The summed E-state index contributed by atoms with van der Waals surface area (Å²) in [6.45, 7) is 3.67. The van der Waals surface area contributed by atoms with Crippen LogP contribution in [0.5, 0.6) is 0 Å². The molecule has 0 fully saturated rings. The molecule has 6 heteroatoms. The van der Waals surface area contributed by atoms with Gasteiger partial charge in [-0.3, -0.25) is 9.67 Å². The van der Waals surface area contributed by atoms with Crippen LogP contribution in [0.25, 0.3) is 0 Å². The molecule has 3 N–H and O–H groups in total. The van der Waals surface area contributed by atoms with Gasteiger partial charge in [-0.2, -0.15) is 5.10 Å². The zero-order valence-corrected chi connectivity index (χ0v) is 14.5. The first-order chi connectivity index (χ1) is 9.78. The Labute approximate surface area is 142 Å². The summed E-state index contributed by atoms with van der Waals surface area (Å²) in [4.78, 5) is 4.32. The highest BCUT2D eigenvalue weighted by Crippen LogP contribution is 2.10. The summed E-state index contributed by atoms with van der Waals surface area (Å²) in [5.41, 5.74) is 8.14. The smallest absolute Gasteiger partial charge is 0.193 e. The topological polar surface area (TPSA) is 68.2 Å². The van der Waals surface area contributed by atoms with Crippen molar-refractivity contribution < 1.29 is 0 Å². The Hall–Kier alpha value is -1.57. The molecule has 114 valence electrons. The Balaban J connectivity index is 0.00000220. The predicted molar refractivity (Wildman–Crippen MR) is 98.2 cm³/mol. The van der Waals surface area contributed by atoms with E-state index in [0.717, 1.165) is 25.1 Å². The molecule has 0 unspecified atom stereocenters. The van der Waals surface area contributed by atoms with Gasteiger partial charge in [0.05, 0.1) is 0 Å². The molecule has 0 aliphatic heterocycles. The summed E-state index contributed by atoms with van der Waals surface area (Å²) in [6.07, 6.45) is 5.65. The highest BCUT2D eigenvalue weighted by atomic mass is 127. The lowest BCUT2D eigenvalue weighted by Crippen LogP contribution is -2.23. The van der Waals surface area contributed by atoms with Gasteiger partial charge in [-0.1, -0.05) is 19.1 Å². The van der Waals surface area contributed by atoms with Gasteiger partial charge in [0.15, 0.2) is 5.96 Å². The Morgan fingerprint density at radius 2 is 2.24 bits per heavy atom. The van der Waals surface area contributed by atoms with E-state index in [1.807, 2.05) is 29.1 Å². The number of benzene rings is 1. The quantitative estimate of drug-likeness (QED) is 0.340. The van der Waals surface area contributed by atoms with Gasteiger partial charge in [0.2, 0.25) is 0 Å². The lowest BCUT2D eigenvalue weighted by molar-refractivity contribution is 0.585. The van der Waals surface area contributed by atoms with Gasteiger partial charge < -0.3 is 11.1 Å².